The van der Waals surface area contributed by atoms with Gasteiger partial charge in [0.2, 0.25) is 0 Å². The summed E-state index contributed by atoms with van der Waals surface area (Å²) >= 11 is 0. The molecule has 2 heterocycles. The number of hydrogen-bond acceptors (Lipinski definition) is 0. The minimum absolute atomic E-state index is 1.01. The van der Waals surface area contributed by atoms with Crippen molar-refractivity contribution < 1.29 is 4.58 Å². The van der Waals surface area contributed by atoms with E-state index in [0.29, 0.717) is 0 Å². The van der Waals surface area contributed by atoms with E-state index in [1.54, 1.807) is 0 Å². The summed E-state index contributed by atoms with van der Waals surface area (Å²) in [5.74, 6) is 2.01. The number of rotatable bonds is 0. The Balaban J connectivity index is 1.98. The summed E-state index contributed by atoms with van der Waals surface area (Å²) < 4.78 is 2.74. The van der Waals surface area contributed by atoms with Crippen LogP contribution in [-0.4, -0.2) is 23.4 Å². The Morgan fingerprint density at radius 1 is 0.769 bits per heavy atom. The van der Waals surface area contributed by atoms with Crippen LogP contribution in [0.3, 0.4) is 0 Å². The van der Waals surface area contributed by atoms with E-state index < -0.39 is 0 Å². The van der Waals surface area contributed by atoms with Crippen LogP contribution in [0, 0.1) is 11.8 Å². The van der Waals surface area contributed by atoms with Crippen LogP contribution in [0.1, 0.15) is 44.9 Å². The van der Waals surface area contributed by atoms with Crippen molar-refractivity contribution in [3.63, 3.8) is 0 Å². The van der Waals surface area contributed by atoms with Gasteiger partial charge in [-0.05, 0) is 25.7 Å². The normalized spacial score (nSPS) is 38.8. The van der Waals surface area contributed by atoms with Crippen molar-refractivity contribution in [1.82, 2.24) is 0 Å². The quantitative estimate of drug-likeness (QED) is 0.501. The second-order valence-electron chi connectivity index (χ2n) is 5.02. The molecule has 1 heteroatoms. The van der Waals surface area contributed by atoms with E-state index in [-0.39, 0.29) is 0 Å². The van der Waals surface area contributed by atoms with Gasteiger partial charge in [0.15, 0.2) is 5.71 Å². The third-order valence-electron chi connectivity index (χ3n) is 4.27. The van der Waals surface area contributed by atoms with E-state index in [1.165, 1.54) is 58.0 Å². The lowest BCUT2D eigenvalue weighted by Gasteiger charge is -2.35. The van der Waals surface area contributed by atoms with Crippen LogP contribution in [-0.2, 0) is 0 Å². The van der Waals surface area contributed by atoms with Crippen molar-refractivity contribution in [2.45, 2.75) is 44.9 Å². The molecular formula is C12H20N+. The van der Waals surface area contributed by atoms with Crippen molar-refractivity contribution in [2.24, 2.45) is 11.8 Å². The third kappa shape index (κ3) is 1.24. The monoisotopic (exact) mass is 178 g/mol. The average Bonchev–Trinajstić information content (AvgIpc) is 2.19. The van der Waals surface area contributed by atoms with Crippen molar-refractivity contribution in [3.05, 3.63) is 0 Å². The molecule has 0 radical (unpaired) electrons. The maximum absolute atomic E-state index is 2.74. The first-order valence-electron chi connectivity index (χ1n) is 6.07. The zero-order chi connectivity index (χ0) is 8.67. The van der Waals surface area contributed by atoms with Crippen molar-refractivity contribution >= 4 is 5.71 Å². The van der Waals surface area contributed by atoms with Crippen molar-refractivity contribution in [2.75, 3.05) is 13.1 Å². The summed E-state index contributed by atoms with van der Waals surface area (Å²) in [6.45, 7) is 2.75. The Hall–Kier alpha value is -0.330. The standard InChI is InChI=1S/C12H20N/c1-4-10-6-2-8-13-9-3-7-11(5-1)12(10)13/h10-11H,1-9H2/q+1. The van der Waals surface area contributed by atoms with Gasteiger partial charge < -0.3 is 0 Å². The largest absolute Gasteiger partial charge is 0.237 e. The van der Waals surface area contributed by atoms with Crippen LogP contribution in [0.4, 0.5) is 0 Å². The molecule has 13 heavy (non-hydrogen) atoms. The zero-order valence-corrected chi connectivity index (χ0v) is 8.47. The molecule has 1 fully saturated rings. The molecule has 0 spiro atoms. The van der Waals surface area contributed by atoms with Gasteiger partial charge in [0.25, 0.3) is 0 Å². The van der Waals surface area contributed by atoms with Crippen molar-refractivity contribution in [1.29, 1.82) is 0 Å². The highest BCUT2D eigenvalue weighted by molar-refractivity contribution is 5.85. The summed E-state index contributed by atoms with van der Waals surface area (Å²) in [5, 5.41) is 0. The Morgan fingerprint density at radius 2 is 1.31 bits per heavy atom. The summed E-state index contributed by atoms with van der Waals surface area (Å²) in [6.07, 6.45) is 10.4. The molecule has 3 aliphatic rings. The fourth-order valence-electron chi connectivity index (χ4n) is 3.77. The van der Waals surface area contributed by atoms with Gasteiger partial charge in [-0.3, -0.25) is 0 Å². The van der Waals surface area contributed by atoms with Crippen molar-refractivity contribution in [3.8, 4) is 0 Å². The average molecular weight is 178 g/mol. The maximum Gasteiger partial charge on any atom is 0.158 e. The summed E-state index contributed by atoms with van der Waals surface area (Å²) in [4.78, 5) is 0. The number of nitrogens with zero attached hydrogens (tertiary/aromatic N) is 1. The first kappa shape index (κ1) is 8.02. The molecule has 2 atom stereocenters. The lowest BCUT2D eigenvalue weighted by atomic mass is 9.72. The van der Waals surface area contributed by atoms with Gasteiger partial charge in [-0.1, -0.05) is 6.42 Å². The molecule has 2 unspecified atom stereocenters. The molecule has 1 nitrogen and oxygen atoms in total. The van der Waals surface area contributed by atoms with E-state index in [4.69, 9.17) is 0 Å². The molecule has 0 aromatic carbocycles. The van der Waals surface area contributed by atoms with Crippen LogP contribution < -0.4 is 0 Å². The van der Waals surface area contributed by atoms with Gasteiger partial charge in [-0.25, -0.2) is 4.58 Å². The van der Waals surface area contributed by atoms with Crippen LogP contribution in [0.5, 0.6) is 0 Å². The van der Waals surface area contributed by atoms with E-state index in [0.717, 1.165) is 11.8 Å². The van der Waals surface area contributed by atoms with Gasteiger partial charge in [0, 0.05) is 24.7 Å². The fraction of sp³-hybridized carbons (Fsp3) is 0.917. The van der Waals surface area contributed by atoms with Gasteiger partial charge >= 0.3 is 0 Å². The molecule has 72 valence electrons. The molecule has 3 rings (SSSR count). The summed E-state index contributed by atoms with van der Waals surface area (Å²) in [6, 6.07) is 0. The summed E-state index contributed by atoms with van der Waals surface area (Å²) in [7, 11) is 0. The molecular weight excluding hydrogens is 158 g/mol. The molecule has 0 aromatic heterocycles. The molecule has 1 aliphatic carbocycles. The molecule has 2 aliphatic heterocycles. The molecule has 0 N–H and O–H groups in total. The lowest BCUT2D eigenvalue weighted by Crippen LogP contribution is -2.44. The Bertz CT molecular complexity index is 220. The Labute approximate surface area is 80.8 Å². The fourth-order valence-corrected chi connectivity index (χ4v) is 3.77. The van der Waals surface area contributed by atoms with Gasteiger partial charge in [-0.15, -0.1) is 0 Å². The second kappa shape index (κ2) is 3.11. The molecule has 0 amide bonds. The number of hydrogen-bond donors (Lipinski definition) is 0. The van der Waals surface area contributed by atoms with Gasteiger partial charge in [0.1, 0.15) is 13.1 Å². The highest BCUT2D eigenvalue weighted by atomic mass is 15.0. The predicted octanol–water partition coefficient (Wildman–Crippen LogP) is 2.44. The first-order valence-corrected chi connectivity index (χ1v) is 6.07. The minimum atomic E-state index is 1.01. The first-order chi connectivity index (χ1) is 6.45. The molecule has 0 aromatic rings. The highest BCUT2D eigenvalue weighted by Crippen LogP contribution is 2.36. The zero-order valence-electron chi connectivity index (χ0n) is 8.47. The van der Waals surface area contributed by atoms with E-state index in [1.807, 2.05) is 5.71 Å². The van der Waals surface area contributed by atoms with Crippen LogP contribution in [0.25, 0.3) is 0 Å². The predicted molar refractivity (Wildman–Crippen MR) is 54.3 cm³/mol. The van der Waals surface area contributed by atoms with Gasteiger partial charge in [-0.2, -0.15) is 0 Å². The topological polar surface area (TPSA) is 3.01 Å². The van der Waals surface area contributed by atoms with E-state index in [9.17, 15) is 0 Å². The Morgan fingerprint density at radius 3 is 1.92 bits per heavy atom. The summed E-state index contributed by atoms with van der Waals surface area (Å²) in [5.41, 5.74) is 1.89. The highest BCUT2D eigenvalue weighted by Gasteiger charge is 2.40. The third-order valence-corrected chi connectivity index (χ3v) is 4.27. The van der Waals surface area contributed by atoms with E-state index >= 15 is 0 Å². The smallest absolute Gasteiger partial charge is 0.158 e. The SMILES string of the molecule is C1CC2CCC[N+]3=C2C(C1)CCC3. The minimum Gasteiger partial charge on any atom is -0.237 e. The Kier molecular flexibility index (Phi) is 1.92. The lowest BCUT2D eigenvalue weighted by molar-refractivity contribution is -0.543. The second-order valence-corrected chi connectivity index (χ2v) is 5.02. The van der Waals surface area contributed by atoms with E-state index in [2.05, 4.69) is 4.58 Å². The van der Waals surface area contributed by atoms with Crippen LogP contribution >= 0.6 is 0 Å². The maximum atomic E-state index is 2.74. The molecule has 0 saturated heterocycles. The molecule has 1 saturated carbocycles. The molecule has 0 bridgehead atoms. The van der Waals surface area contributed by atoms with Gasteiger partial charge in [0.05, 0.1) is 0 Å². The van der Waals surface area contributed by atoms with Crippen LogP contribution in [0.2, 0.25) is 0 Å². The van der Waals surface area contributed by atoms with Crippen LogP contribution in [0.15, 0.2) is 0 Å².